The third-order valence-corrected chi connectivity index (χ3v) is 0.956. The third-order valence-electron chi connectivity index (χ3n) is 0.956. The molecule has 0 aliphatic rings. The van der Waals surface area contributed by atoms with Gasteiger partial charge in [-0.25, -0.2) is 0 Å². The van der Waals surface area contributed by atoms with Gasteiger partial charge >= 0.3 is 0 Å². The molecule has 60 valence electrons. The predicted octanol–water partition coefficient (Wildman–Crippen LogP) is 0.549. The molecule has 0 atom stereocenters. The van der Waals surface area contributed by atoms with Crippen molar-refractivity contribution in [3.05, 3.63) is 0 Å². The van der Waals surface area contributed by atoms with Crippen molar-refractivity contribution in [2.45, 2.75) is 20.3 Å². The van der Waals surface area contributed by atoms with E-state index in [2.05, 4.69) is 5.32 Å². The summed E-state index contributed by atoms with van der Waals surface area (Å²) in [6.45, 7) is 5.43. The van der Waals surface area contributed by atoms with Crippen LogP contribution in [-0.2, 0) is 9.53 Å². The highest BCUT2D eigenvalue weighted by molar-refractivity contribution is 5.77. The molecular formula is C7H15NO2. The Morgan fingerprint density at radius 1 is 1.50 bits per heavy atom. The molecule has 0 fully saturated rings. The van der Waals surface area contributed by atoms with Gasteiger partial charge in [0.05, 0.1) is 0 Å². The second-order valence-electron chi connectivity index (χ2n) is 2.01. The first-order chi connectivity index (χ1) is 4.81. The van der Waals surface area contributed by atoms with Crippen molar-refractivity contribution < 1.29 is 9.53 Å². The van der Waals surface area contributed by atoms with Gasteiger partial charge in [0.2, 0.25) is 5.91 Å². The number of hydrogen-bond donors (Lipinski definition) is 1. The minimum atomic E-state index is -0.0315. The van der Waals surface area contributed by atoms with Crippen molar-refractivity contribution in [1.82, 2.24) is 5.32 Å². The summed E-state index contributed by atoms with van der Waals surface area (Å²) in [6, 6.07) is 0. The molecule has 0 bridgehead atoms. The Balaban J connectivity index is 3.05. The van der Waals surface area contributed by atoms with E-state index in [1.165, 1.54) is 0 Å². The molecule has 0 aromatic rings. The second-order valence-corrected chi connectivity index (χ2v) is 2.01. The van der Waals surface area contributed by atoms with Gasteiger partial charge in [-0.15, -0.1) is 0 Å². The van der Waals surface area contributed by atoms with Crippen LogP contribution in [0.1, 0.15) is 20.3 Å². The molecular weight excluding hydrogens is 130 g/mol. The molecule has 3 nitrogen and oxygen atoms in total. The SMILES string of the molecule is CCCOCC(=O)NCC. The van der Waals surface area contributed by atoms with Crippen LogP contribution in [0.5, 0.6) is 0 Å². The highest BCUT2D eigenvalue weighted by Gasteiger charge is 1.96. The first-order valence-corrected chi connectivity index (χ1v) is 3.65. The maximum atomic E-state index is 10.7. The van der Waals surface area contributed by atoms with E-state index < -0.39 is 0 Å². The van der Waals surface area contributed by atoms with Gasteiger partial charge in [-0.2, -0.15) is 0 Å². The van der Waals surface area contributed by atoms with Gasteiger partial charge in [0.25, 0.3) is 0 Å². The molecule has 0 unspecified atom stereocenters. The lowest BCUT2D eigenvalue weighted by Crippen LogP contribution is -2.27. The minimum Gasteiger partial charge on any atom is -0.372 e. The minimum absolute atomic E-state index is 0.0315. The fraction of sp³-hybridized carbons (Fsp3) is 0.857. The van der Waals surface area contributed by atoms with Gasteiger partial charge in [0.1, 0.15) is 6.61 Å². The lowest BCUT2D eigenvalue weighted by molar-refractivity contribution is -0.125. The van der Waals surface area contributed by atoms with Crippen LogP contribution in [0.2, 0.25) is 0 Å². The van der Waals surface area contributed by atoms with Gasteiger partial charge in [-0.05, 0) is 13.3 Å². The predicted molar refractivity (Wildman–Crippen MR) is 39.8 cm³/mol. The summed E-state index contributed by atoms with van der Waals surface area (Å²) in [4.78, 5) is 10.7. The third kappa shape index (κ3) is 5.56. The summed E-state index contributed by atoms with van der Waals surface area (Å²) in [5.74, 6) is -0.0315. The van der Waals surface area contributed by atoms with E-state index in [-0.39, 0.29) is 12.5 Å². The number of rotatable bonds is 5. The summed E-state index contributed by atoms with van der Waals surface area (Å²) in [5, 5.41) is 2.64. The first kappa shape index (κ1) is 9.43. The summed E-state index contributed by atoms with van der Waals surface area (Å²) >= 11 is 0. The van der Waals surface area contributed by atoms with Crippen LogP contribution >= 0.6 is 0 Å². The Morgan fingerprint density at radius 2 is 2.20 bits per heavy atom. The molecule has 0 aliphatic heterocycles. The van der Waals surface area contributed by atoms with Crippen molar-refractivity contribution in [2.75, 3.05) is 19.8 Å². The molecule has 0 spiro atoms. The molecule has 0 radical (unpaired) electrons. The van der Waals surface area contributed by atoms with Crippen LogP contribution in [0.4, 0.5) is 0 Å². The van der Waals surface area contributed by atoms with E-state index in [0.29, 0.717) is 13.2 Å². The molecule has 1 amide bonds. The monoisotopic (exact) mass is 145 g/mol. The van der Waals surface area contributed by atoms with Crippen molar-refractivity contribution in [3.63, 3.8) is 0 Å². The zero-order valence-corrected chi connectivity index (χ0v) is 6.64. The fourth-order valence-corrected chi connectivity index (χ4v) is 0.557. The van der Waals surface area contributed by atoms with Gasteiger partial charge in [-0.3, -0.25) is 4.79 Å². The first-order valence-electron chi connectivity index (χ1n) is 3.65. The molecule has 0 aliphatic carbocycles. The lowest BCUT2D eigenvalue weighted by atomic mass is 10.5. The Morgan fingerprint density at radius 3 is 2.70 bits per heavy atom. The maximum absolute atomic E-state index is 10.7. The van der Waals surface area contributed by atoms with E-state index in [9.17, 15) is 4.79 Å². The molecule has 1 N–H and O–H groups in total. The zero-order valence-electron chi connectivity index (χ0n) is 6.64. The number of ether oxygens (including phenoxy) is 1. The standard InChI is InChI=1S/C7H15NO2/c1-3-5-10-6-7(9)8-4-2/h3-6H2,1-2H3,(H,8,9). The quantitative estimate of drug-likeness (QED) is 0.574. The highest BCUT2D eigenvalue weighted by Crippen LogP contribution is 1.78. The topological polar surface area (TPSA) is 38.3 Å². The molecule has 0 rings (SSSR count). The molecule has 0 aromatic heterocycles. The van der Waals surface area contributed by atoms with Crippen LogP contribution in [0.3, 0.4) is 0 Å². The second kappa shape index (κ2) is 6.55. The van der Waals surface area contributed by atoms with E-state index in [1.807, 2.05) is 13.8 Å². The lowest BCUT2D eigenvalue weighted by Gasteiger charge is -2.01. The fourth-order valence-electron chi connectivity index (χ4n) is 0.557. The molecule has 0 saturated carbocycles. The number of carbonyl (C=O) groups excluding carboxylic acids is 1. The number of hydrogen-bond acceptors (Lipinski definition) is 2. The smallest absolute Gasteiger partial charge is 0.245 e. The van der Waals surface area contributed by atoms with Crippen molar-refractivity contribution in [2.24, 2.45) is 0 Å². The van der Waals surface area contributed by atoms with Crippen LogP contribution in [-0.4, -0.2) is 25.7 Å². The van der Waals surface area contributed by atoms with E-state index in [1.54, 1.807) is 0 Å². The van der Waals surface area contributed by atoms with E-state index in [4.69, 9.17) is 4.74 Å². The average Bonchev–Trinajstić information content (AvgIpc) is 1.89. The summed E-state index contributed by atoms with van der Waals surface area (Å²) in [7, 11) is 0. The van der Waals surface area contributed by atoms with Crippen molar-refractivity contribution >= 4 is 5.91 Å². The molecule has 0 heterocycles. The van der Waals surface area contributed by atoms with Gasteiger partial charge in [0, 0.05) is 13.2 Å². The van der Waals surface area contributed by atoms with Crippen LogP contribution < -0.4 is 5.32 Å². The highest BCUT2D eigenvalue weighted by atomic mass is 16.5. The number of nitrogens with one attached hydrogen (secondary N) is 1. The van der Waals surface area contributed by atoms with Gasteiger partial charge in [0.15, 0.2) is 0 Å². The largest absolute Gasteiger partial charge is 0.372 e. The Hall–Kier alpha value is -0.570. The number of likely N-dealkylation sites (N-methyl/N-ethyl adjacent to an activating group) is 1. The van der Waals surface area contributed by atoms with Crippen molar-refractivity contribution in [1.29, 1.82) is 0 Å². The Bertz CT molecular complexity index is 93.6. The molecule has 0 saturated heterocycles. The Kier molecular flexibility index (Phi) is 6.18. The molecule has 3 heteroatoms. The number of amides is 1. The zero-order chi connectivity index (χ0) is 7.82. The normalized spacial score (nSPS) is 9.40. The van der Waals surface area contributed by atoms with Crippen LogP contribution in [0.15, 0.2) is 0 Å². The summed E-state index contributed by atoms with van der Waals surface area (Å²) < 4.78 is 4.99. The van der Waals surface area contributed by atoms with Gasteiger partial charge < -0.3 is 10.1 Å². The van der Waals surface area contributed by atoms with E-state index in [0.717, 1.165) is 6.42 Å². The average molecular weight is 145 g/mol. The Labute approximate surface area is 61.8 Å². The molecule has 10 heavy (non-hydrogen) atoms. The van der Waals surface area contributed by atoms with Gasteiger partial charge in [-0.1, -0.05) is 6.92 Å². The maximum Gasteiger partial charge on any atom is 0.245 e. The summed E-state index contributed by atoms with van der Waals surface area (Å²) in [6.07, 6.45) is 0.958. The van der Waals surface area contributed by atoms with Crippen molar-refractivity contribution in [3.8, 4) is 0 Å². The summed E-state index contributed by atoms with van der Waals surface area (Å²) in [5.41, 5.74) is 0. The number of carbonyl (C=O) groups is 1. The van der Waals surface area contributed by atoms with Crippen LogP contribution in [0.25, 0.3) is 0 Å². The van der Waals surface area contributed by atoms with E-state index >= 15 is 0 Å². The van der Waals surface area contributed by atoms with Crippen LogP contribution in [0, 0.1) is 0 Å². The molecule has 0 aromatic carbocycles.